The van der Waals surface area contributed by atoms with Crippen molar-refractivity contribution in [1.29, 1.82) is 10.5 Å². The highest BCUT2D eigenvalue weighted by molar-refractivity contribution is 5.85. The summed E-state index contributed by atoms with van der Waals surface area (Å²) < 4.78 is 10.5. The molecule has 2 fully saturated rings. The SMILES string of the molecule is CC(C)CC(C(C#N)C(=O)N1CCOCC1)C(C#N)C(=O)N1CCOCC1. The summed E-state index contributed by atoms with van der Waals surface area (Å²) in [5.41, 5.74) is 0. The highest BCUT2D eigenvalue weighted by atomic mass is 16.5. The van der Waals surface area contributed by atoms with Crippen molar-refractivity contribution in [3.05, 3.63) is 0 Å². The zero-order chi connectivity index (χ0) is 19.8. The molecular formula is C19H28N4O4. The number of amides is 2. The Hall–Kier alpha value is -2.16. The van der Waals surface area contributed by atoms with Gasteiger partial charge in [0.25, 0.3) is 0 Å². The lowest BCUT2D eigenvalue weighted by Crippen LogP contribution is -2.49. The zero-order valence-corrected chi connectivity index (χ0v) is 16.1. The van der Waals surface area contributed by atoms with Gasteiger partial charge in [-0.2, -0.15) is 10.5 Å². The summed E-state index contributed by atoms with van der Waals surface area (Å²) in [5.74, 6) is -3.12. The first-order valence-electron chi connectivity index (χ1n) is 9.51. The molecule has 2 aliphatic heterocycles. The van der Waals surface area contributed by atoms with Crippen molar-refractivity contribution < 1.29 is 19.1 Å². The molecule has 0 aromatic rings. The predicted octanol–water partition coefficient (Wildman–Crippen LogP) is 0.646. The summed E-state index contributed by atoms with van der Waals surface area (Å²) in [5, 5.41) is 19.5. The molecule has 0 radical (unpaired) electrons. The first-order chi connectivity index (χ1) is 13.0. The highest BCUT2D eigenvalue weighted by Gasteiger charge is 2.42. The van der Waals surface area contributed by atoms with Gasteiger partial charge < -0.3 is 19.3 Å². The van der Waals surface area contributed by atoms with Crippen LogP contribution in [-0.4, -0.2) is 74.2 Å². The van der Waals surface area contributed by atoms with Gasteiger partial charge in [0.15, 0.2) is 0 Å². The average molecular weight is 376 g/mol. The third-order valence-corrected chi connectivity index (χ3v) is 5.06. The average Bonchev–Trinajstić information content (AvgIpc) is 2.69. The third-order valence-electron chi connectivity index (χ3n) is 5.06. The Labute approximate surface area is 160 Å². The molecule has 27 heavy (non-hydrogen) atoms. The van der Waals surface area contributed by atoms with Gasteiger partial charge in [0.2, 0.25) is 11.8 Å². The van der Waals surface area contributed by atoms with E-state index in [9.17, 15) is 20.1 Å². The fraction of sp³-hybridized carbons (Fsp3) is 0.789. The molecule has 8 nitrogen and oxygen atoms in total. The summed E-state index contributed by atoms with van der Waals surface area (Å²) in [6.45, 7) is 7.41. The molecule has 0 spiro atoms. The molecule has 2 aliphatic rings. The molecule has 0 aromatic carbocycles. The van der Waals surface area contributed by atoms with Crippen LogP contribution in [0.25, 0.3) is 0 Å². The number of carbonyl (C=O) groups is 2. The monoisotopic (exact) mass is 376 g/mol. The minimum atomic E-state index is -1.01. The Morgan fingerprint density at radius 3 is 1.52 bits per heavy atom. The van der Waals surface area contributed by atoms with E-state index in [2.05, 4.69) is 12.1 Å². The van der Waals surface area contributed by atoms with Gasteiger partial charge in [-0.05, 0) is 12.3 Å². The van der Waals surface area contributed by atoms with E-state index in [0.717, 1.165) is 0 Å². The first kappa shape index (κ1) is 21.1. The van der Waals surface area contributed by atoms with Crippen LogP contribution in [0.1, 0.15) is 20.3 Å². The van der Waals surface area contributed by atoms with E-state index in [-0.39, 0.29) is 17.7 Å². The maximum atomic E-state index is 13.0. The van der Waals surface area contributed by atoms with Crippen LogP contribution in [-0.2, 0) is 19.1 Å². The maximum absolute atomic E-state index is 13.0. The lowest BCUT2D eigenvalue weighted by atomic mass is 9.76. The Kier molecular flexibility index (Phi) is 8.02. The molecule has 0 aliphatic carbocycles. The summed E-state index contributed by atoms with van der Waals surface area (Å²) >= 11 is 0. The molecule has 0 saturated carbocycles. The summed E-state index contributed by atoms with van der Waals surface area (Å²) in [4.78, 5) is 29.1. The fourth-order valence-electron chi connectivity index (χ4n) is 3.64. The lowest BCUT2D eigenvalue weighted by Gasteiger charge is -2.35. The van der Waals surface area contributed by atoms with Crippen LogP contribution < -0.4 is 0 Å². The fourth-order valence-corrected chi connectivity index (χ4v) is 3.64. The molecule has 8 heteroatoms. The molecule has 0 bridgehead atoms. The van der Waals surface area contributed by atoms with Crippen molar-refractivity contribution in [3.63, 3.8) is 0 Å². The maximum Gasteiger partial charge on any atom is 0.240 e. The van der Waals surface area contributed by atoms with Crippen molar-refractivity contribution in [2.24, 2.45) is 23.7 Å². The Morgan fingerprint density at radius 1 is 0.852 bits per heavy atom. The minimum Gasteiger partial charge on any atom is -0.378 e. The molecule has 148 valence electrons. The van der Waals surface area contributed by atoms with Gasteiger partial charge in [0, 0.05) is 32.1 Å². The Balaban J connectivity index is 2.24. The van der Waals surface area contributed by atoms with Gasteiger partial charge in [-0.1, -0.05) is 13.8 Å². The number of hydrogen-bond donors (Lipinski definition) is 0. The number of carbonyl (C=O) groups excluding carboxylic acids is 2. The summed E-state index contributed by atoms with van der Waals surface area (Å²) in [6, 6.07) is 4.20. The van der Waals surface area contributed by atoms with Gasteiger partial charge in [0.05, 0.1) is 38.6 Å². The van der Waals surface area contributed by atoms with Crippen LogP contribution in [0.3, 0.4) is 0 Å². The van der Waals surface area contributed by atoms with Crippen LogP contribution in [0, 0.1) is 46.3 Å². The van der Waals surface area contributed by atoms with E-state index >= 15 is 0 Å². The molecule has 2 heterocycles. The summed E-state index contributed by atoms with van der Waals surface area (Å²) in [6.07, 6.45) is 0.461. The number of nitrogens with zero attached hydrogens (tertiary/aromatic N) is 4. The molecule has 2 unspecified atom stereocenters. The first-order valence-corrected chi connectivity index (χ1v) is 9.51. The van der Waals surface area contributed by atoms with E-state index in [1.165, 1.54) is 0 Å². The van der Waals surface area contributed by atoms with E-state index < -0.39 is 17.8 Å². The molecule has 2 amide bonds. The number of rotatable bonds is 6. The van der Waals surface area contributed by atoms with Crippen LogP contribution in [0.15, 0.2) is 0 Å². The Bertz CT molecular complexity index is 550. The number of nitriles is 2. The number of hydrogen-bond acceptors (Lipinski definition) is 6. The van der Waals surface area contributed by atoms with Crippen LogP contribution in [0.2, 0.25) is 0 Å². The molecule has 2 saturated heterocycles. The van der Waals surface area contributed by atoms with Crippen molar-refractivity contribution in [1.82, 2.24) is 9.80 Å². The molecule has 2 rings (SSSR count). The predicted molar refractivity (Wildman–Crippen MR) is 95.9 cm³/mol. The normalized spacial score (nSPS) is 21.1. The van der Waals surface area contributed by atoms with Crippen molar-refractivity contribution in [2.75, 3.05) is 52.6 Å². The zero-order valence-electron chi connectivity index (χ0n) is 16.1. The second kappa shape index (κ2) is 10.2. The minimum absolute atomic E-state index is 0.150. The van der Waals surface area contributed by atoms with E-state index in [1.54, 1.807) is 9.80 Å². The standard InChI is InChI=1S/C19H28N4O4/c1-14(2)11-15(16(12-20)18(24)22-3-7-26-8-4-22)17(13-21)19(25)23-5-9-27-10-6-23/h14-17H,3-11H2,1-2H3. The van der Waals surface area contributed by atoms with E-state index in [0.29, 0.717) is 59.0 Å². The molecular weight excluding hydrogens is 348 g/mol. The quantitative estimate of drug-likeness (QED) is 0.673. The van der Waals surface area contributed by atoms with Gasteiger partial charge in [0.1, 0.15) is 11.8 Å². The number of morpholine rings is 2. The van der Waals surface area contributed by atoms with Crippen LogP contribution in [0.4, 0.5) is 0 Å². The lowest BCUT2D eigenvalue weighted by molar-refractivity contribution is -0.144. The van der Waals surface area contributed by atoms with E-state index in [1.807, 2.05) is 13.8 Å². The van der Waals surface area contributed by atoms with Crippen LogP contribution >= 0.6 is 0 Å². The van der Waals surface area contributed by atoms with Crippen molar-refractivity contribution in [3.8, 4) is 12.1 Å². The number of ether oxygens (including phenoxy) is 2. The largest absolute Gasteiger partial charge is 0.378 e. The van der Waals surface area contributed by atoms with Crippen molar-refractivity contribution >= 4 is 11.8 Å². The van der Waals surface area contributed by atoms with Crippen molar-refractivity contribution in [2.45, 2.75) is 20.3 Å². The van der Waals surface area contributed by atoms with Gasteiger partial charge in [-0.3, -0.25) is 9.59 Å². The second-order valence-corrected chi connectivity index (χ2v) is 7.38. The second-order valence-electron chi connectivity index (χ2n) is 7.38. The smallest absolute Gasteiger partial charge is 0.240 e. The molecule has 2 atom stereocenters. The van der Waals surface area contributed by atoms with Crippen LogP contribution in [0.5, 0.6) is 0 Å². The van der Waals surface area contributed by atoms with Gasteiger partial charge in [-0.25, -0.2) is 0 Å². The summed E-state index contributed by atoms with van der Waals surface area (Å²) in [7, 11) is 0. The molecule has 0 N–H and O–H groups in total. The Morgan fingerprint density at radius 2 is 1.22 bits per heavy atom. The molecule has 0 aromatic heterocycles. The third kappa shape index (κ3) is 5.41. The van der Waals surface area contributed by atoms with Gasteiger partial charge in [-0.15, -0.1) is 0 Å². The van der Waals surface area contributed by atoms with Gasteiger partial charge >= 0.3 is 0 Å². The highest BCUT2D eigenvalue weighted by Crippen LogP contribution is 2.31. The van der Waals surface area contributed by atoms with E-state index in [4.69, 9.17) is 9.47 Å². The topological polar surface area (TPSA) is 107 Å².